The maximum Gasteiger partial charge on any atom is 0.472 e. The predicted molar refractivity (Wildman–Crippen MR) is 247 cm³/mol. The quantitative estimate of drug-likeness (QED) is 0.0268. The predicted octanol–water partition coefficient (Wildman–Crippen LogP) is 12.9. The van der Waals surface area contributed by atoms with Crippen LogP contribution in [-0.4, -0.2) is 49.3 Å². The van der Waals surface area contributed by atoms with Gasteiger partial charge in [-0.25, -0.2) is 4.57 Å². The summed E-state index contributed by atoms with van der Waals surface area (Å²) in [7, 11) is -4.41. The number of phosphoric ester groups is 1. The lowest BCUT2D eigenvalue weighted by atomic mass is 10.1. The van der Waals surface area contributed by atoms with Gasteiger partial charge in [-0.2, -0.15) is 0 Å². The first kappa shape index (κ1) is 55.4. The summed E-state index contributed by atoms with van der Waals surface area (Å²) in [4.78, 5) is 34.9. The van der Waals surface area contributed by atoms with E-state index >= 15 is 0 Å². The van der Waals surface area contributed by atoms with Crippen LogP contribution in [0.15, 0.2) is 122 Å². The summed E-state index contributed by atoms with van der Waals surface area (Å²) in [5, 5.41) is 0. The van der Waals surface area contributed by atoms with Crippen molar-refractivity contribution in [3.05, 3.63) is 122 Å². The van der Waals surface area contributed by atoms with Crippen LogP contribution in [0.3, 0.4) is 0 Å². The van der Waals surface area contributed by atoms with Gasteiger partial charge in [0.15, 0.2) is 6.10 Å². The number of unbranched alkanes of at least 4 members (excludes halogenated alkanes) is 6. The topological polar surface area (TPSA) is 134 Å². The van der Waals surface area contributed by atoms with Crippen LogP contribution in [0, 0.1) is 0 Å². The van der Waals surface area contributed by atoms with Crippen LogP contribution >= 0.6 is 7.82 Å². The van der Waals surface area contributed by atoms with E-state index in [0.717, 1.165) is 103 Å². The van der Waals surface area contributed by atoms with Crippen LogP contribution in [0.25, 0.3) is 0 Å². The Hall–Kier alpha value is -3.59. The summed E-state index contributed by atoms with van der Waals surface area (Å²) < 4.78 is 32.7. The number of ether oxygens (including phenoxy) is 2. The molecule has 0 aliphatic carbocycles. The second-order valence-corrected chi connectivity index (χ2v) is 15.2. The Kier molecular flexibility index (Phi) is 41.3. The standard InChI is InChI=1S/C49H78NO8P/c1-3-5-7-9-11-13-15-17-19-21-23-25-27-29-31-33-35-37-39-41-48(51)55-45-47(46-57-59(53,54)56-44-43-50)58-49(52)42-40-38-36-34-32-30-28-26-24-22-20-18-16-14-12-10-8-6-4-2/h5-8,11-14,17-20,23-26,29-32,47H,3-4,9-10,15-16,21-22,27-28,33-46,50H2,1-2H3,(H,53,54)/b7-5-,8-6-,13-11-,14-12-,19-17-,20-18-,25-23-,26-24-,31-29-,32-30-. The van der Waals surface area contributed by atoms with Crippen LogP contribution in [0.5, 0.6) is 0 Å². The van der Waals surface area contributed by atoms with Gasteiger partial charge in [-0.3, -0.25) is 18.6 Å². The van der Waals surface area contributed by atoms with E-state index in [0.29, 0.717) is 12.8 Å². The Morgan fingerprint density at radius 2 is 0.881 bits per heavy atom. The molecule has 0 radical (unpaired) electrons. The van der Waals surface area contributed by atoms with Crippen LogP contribution in [0.2, 0.25) is 0 Å². The monoisotopic (exact) mass is 840 g/mol. The molecule has 0 aromatic rings. The van der Waals surface area contributed by atoms with Gasteiger partial charge in [0.2, 0.25) is 0 Å². The number of phosphoric acid groups is 1. The molecule has 0 aliphatic heterocycles. The minimum atomic E-state index is -4.41. The lowest BCUT2D eigenvalue weighted by Gasteiger charge is -2.19. The molecular formula is C49H78NO8P. The highest BCUT2D eigenvalue weighted by Gasteiger charge is 2.25. The highest BCUT2D eigenvalue weighted by molar-refractivity contribution is 7.47. The fraction of sp³-hybridized carbons (Fsp3) is 0.551. The molecule has 2 unspecified atom stereocenters. The summed E-state index contributed by atoms with van der Waals surface area (Å²) in [6.07, 6.45) is 59.4. The van der Waals surface area contributed by atoms with Gasteiger partial charge in [-0.15, -0.1) is 0 Å². The molecule has 2 atom stereocenters. The largest absolute Gasteiger partial charge is 0.472 e. The van der Waals surface area contributed by atoms with Gasteiger partial charge < -0.3 is 20.1 Å². The smallest absolute Gasteiger partial charge is 0.462 e. The van der Waals surface area contributed by atoms with E-state index in [-0.39, 0.29) is 32.6 Å². The molecule has 0 amide bonds. The highest BCUT2D eigenvalue weighted by atomic mass is 31.2. The zero-order chi connectivity index (χ0) is 43.2. The van der Waals surface area contributed by atoms with E-state index in [2.05, 4.69) is 135 Å². The number of carbonyl (C=O) groups is 2. The molecule has 0 heterocycles. The van der Waals surface area contributed by atoms with Crippen LogP contribution in [0.1, 0.15) is 142 Å². The van der Waals surface area contributed by atoms with E-state index in [1.54, 1.807) is 0 Å². The van der Waals surface area contributed by atoms with Crippen molar-refractivity contribution in [2.45, 2.75) is 148 Å². The van der Waals surface area contributed by atoms with E-state index in [1.165, 1.54) is 0 Å². The van der Waals surface area contributed by atoms with Gasteiger partial charge in [0.1, 0.15) is 6.61 Å². The molecule has 0 fully saturated rings. The lowest BCUT2D eigenvalue weighted by molar-refractivity contribution is -0.161. The summed E-state index contributed by atoms with van der Waals surface area (Å²) in [5.74, 6) is -0.919. The van der Waals surface area contributed by atoms with Gasteiger partial charge in [0.05, 0.1) is 13.2 Å². The number of allylic oxidation sites excluding steroid dienone is 20. The molecule has 332 valence electrons. The van der Waals surface area contributed by atoms with Crippen molar-refractivity contribution in [1.29, 1.82) is 0 Å². The molecule has 0 saturated heterocycles. The molecule has 0 aromatic heterocycles. The second kappa shape index (κ2) is 44.0. The Labute approximate surface area is 358 Å². The van der Waals surface area contributed by atoms with E-state index < -0.39 is 32.5 Å². The maximum absolute atomic E-state index is 12.6. The first-order valence-electron chi connectivity index (χ1n) is 22.0. The van der Waals surface area contributed by atoms with Crippen molar-refractivity contribution < 1.29 is 37.6 Å². The molecular weight excluding hydrogens is 762 g/mol. The van der Waals surface area contributed by atoms with Crippen molar-refractivity contribution in [1.82, 2.24) is 0 Å². The number of hydrogen-bond donors (Lipinski definition) is 2. The summed E-state index contributed by atoms with van der Waals surface area (Å²) in [5.41, 5.74) is 5.35. The lowest BCUT2D eigenvalue weighted by Crippen LogP contribution is -2.29. The first-order chi connectivity index (χ1) is 28.8. The zero-order valence-corrected chi connectivity index (χ0v) is 37.3. The van der Waals surface area contributed by atoms with E-state index in [1.807, 2.05) is 0 Å². The molecule has 0 spiro atoms. The molecule has 0 bridgehead atoms. The van der Waals surface area contributed by atoms with Crippen LogP contribution in [0.4, 0.5) is 0 Å². The maximum atomic E-state index is 12.6. The SMILES string of the molecule is CC/C=C\C/C=C\C/C=C\C/C=C\C/C=C\CCCCCC(=O)OCC(COP(=O)(O)OCCN)OC(=O)CCCCC/C=C\C/C=C\C/C=C\C/C=C\C/C=C\CC. The van der Waals surface area contributed by atoms with Crippen molar-refractivity contribution in [2.24, 2.45) is 5.73 Å². The third-order valence-corrected chi connectivity index (χ3v) is 9.33. The summed E-state index contributed by atoms with van der Waals surface area (Å²) in [6, 6.07) is 0. The highest BCUT2D eigenvalue weighted by Crippen LogP contribution is 2.43. The van der Waals surface area contributed by atoms with Gasteiger partial charge in [0, 0.05) is 19.4 Å². The Bertz CT molecular complexity index is 1370. The first-order valence-corrected chi connectivity index (χ1v) is 23.5. The van der Waals surface area contributed by atoms with Crippen molar-refractivity contribution in [3.63, 3.8) is 0 Å². The molecule has 10 heteroatoms. The zero-order valence-electron chi connectivity index (χ0n) is 36.4. The molecule has 3 N–H and O–H groups in total. The third-order valence-electron chi connectivity index (χ3n) is 8.34. The number of rotatable bonds is 39. The summed E-state index contributed by atoms with van der Waals surface area (Å²) >= 11 is 0. The average molecular weight is 840 g/mol. The number of carbonyl (C=O) groups excluding carboxylic acids is 2. The molecule has 0 saturated carbocycles. The molecule has 59 heavy (non-hydrogen) atoms. The Morgan fingerprint density at radius 1 is 0.508 bits per heavy atom. The number of esters is 2. The van der Waals surface area contributed by atoms with E-state index in [4.69, 9.17) is 24.3 Å². The van der Waals surface area contributed by atoms with Crippen molar-refractivity contribution >= 4 is 19.8 Å². The van der Waals surface area contributed by atoms with Gasteiger partial charge in [0.25, 0.3) is 0 Å². The molecule has 0 aromatic carbocycles. The minimum Gasteiger partial charge on any atom is -0.462 e. The average Bonchev–Trinajstić information content (AvgIpc) is 3.22. The van der Waals surface area contributed by atoms with Crippen LogP contribution in [-0.2, 0) is 32.7 Å². The fourth-order valence-corrected chi connectivity index (χ4v) is 5.92. The van der Waals surface area contributed by atoms with E-state index in [9.17, 15) is 19.0 Å². The Balaban J connectivity index is 4.31. The number of hydrogen-bond acceptors (Lipinski definition) is 8. The van der Waals surface area contributed by atoms with Gasteiger partial charge >= 0.3 is 19.8 Å². The second-order valence-electron chi connectivity index (χ2n) is 13.8. The normalized spacial score (nSPS) is 14.4. The van der Waals surface area contributed by atoms with Crippen LogP contribution < -0.4 is 5.73 Å². The van der Waals surface area contributed by atoms with Gasteiger partial charge in [-0.05, 0) is 103 Å². The Morgan fingerprint density at radius 3 is 1.27 bits per heavy atom. The van der Waals surface area contributed by atoms with Gasteiger partial charge in [-0.1, -0.05) is 148 Å². The third kappa shape index (κ3) is 43.8. The fourth-order valence-electron chi connectivity index (χ4n) is 5.16. The number of nitrogens with two attached hydrogens (primary N) is 1. The van der Waals surface area contributed by atoms with Crippen molar-refractivity contribution in [3.8, 4) is 0 Å². The molecule has 0 aliphatic rings. The summed E-state index contributed by atoms with van der Waals surface area (Å²) in [6.45, 7) is 3.39. The van der Waals surface area contributed by atoms with Crippen molar-refractivity contribution in [2.75, 3.05) is 26.4 Å². The molecule has 0 rings (SSSR count). The molecule has 9 nitrogen and oxygen atoms in total. The minimum absolute atomic E-state index is 0.0351.